The third-order valence-corrected chi connectivity index (χ3v) is 3.39. The van der Waals surface area contributed by atoms with E-state index in [0.29, 0.717) is 12.5 Å². The van der Waals surface area contributed by atoms with Crippen molar-refractivity contribution in [3.63, 3.8) is 0 Å². The number of hydrogen-bond acceptors (Lipinski definition) is 6. The Morgan fingerprint density at radius 2 is 2.00 bits per heavy atom. The highest BCUT2D eigenvalue weighted by molar-refractivity contribution is 5.39. The highest BCUT2D eigenvalue weighted by Gasteiger charge is 2.05. The lowest BCUT2D eigenvalue weighted by Crippen LogP contribution is -2.20. The molecule has 0 spiro atoms. The molecule has 118 valence electrons. The van der Waals surface area contributed by atoms with Gasteiger partial charge < -0.3 is 15.0 Å². The standard InChI is InChI=1S/C16H23N5O/c1-4-5-10-21(2)15-12-18-20-16(19-15)17-11-13-6-8-14(22-3)9-7-13/h6-9,12H,4-5,10-11H2,1-3H3,(H,17,19,20). The second kappa shape index (κ2) is 8.17. The number of unbranched alkanes of at least 4 members (excludes halogenated alkanes) is 1. The second-order valence-electron chi connectivity index (χ2n) is 5.11. The summed E-state index contributed by atoms with van der Waals surface area (Å²) in [6.45, 7) is 3.79. The molecular weight excluding hydrogens is 278 g/mol. The van der Waals surface area contributed by atoms with Crippen LogP contribution in [0.2, 0.25) is 0 Å². The Balaban J connectivity index is 1.94. The van der Waals surface area contributed by atoms with Crippen molar-refractivity contribution in [3.05, 3.63) is 36.0 Å². The summed E-state index contributed by atoms with van der Waals surface area (Å²) in [4.78, 5) is 6.58. The zero-order valence-corrected chi connectivity index (χ0v) is 13.4. The van der Waals surface area contributed by atoms with Crippen LogP contribution in [0.25, 0.3) is 0 Å². The van der Waals surface area contributed by atoms with Gasteiger partial charge in [-0.3, -0.25) is 0 Å². The molecule has 0 saturated carbocycles. The molecule has 0 amide bonds. The minimum absolute atomic E-state index is 0.539. The summed E-state index contributed by atoms with van der Waals surface area (Å²) in [5.74, 6) is 2.22. The van der Waals surface area contributed by atoms with Crippen LogP contribution in [0.5, 0.6) is 5.75 Å². The largest absolute Gasteiger partial charge is 0.497 e. The molecular formula is C16H23N5O. The van der Waals surface area contributed by atoms with Crippen molar-refractivity contribution in [2.24, 2.45) is 0 Å². The third kappa shape index (κ3) is 4.58. The summed E-state index contributed by atoms with van der Waals surface area (Å²) in [5.41, 5.74) is 1.13. The van der Waals surface area contributed by atoms with Crippen LogP contribution in [0, 0.1) is 0 Å². The summed E-state index contributed by atoms with van der Waals surface area (Å²) in [7, 11) is 3.68. The Bertz CT molecular complexity index is 573. The number of nitrogens with zero attached hydrogens (tertiary/aromatic N) is 4. The fourth-order valence-corrected chi connectivity index (χ4v) is 1.99. The van der Waals surface area contributed by atoms with Crippen molar-refractivity contribution in [1.82, 2.24) is 15.2 Å². The van der Waals surface area contributed by atoms with Gasteiger partial charge in [0.1, 0.15) is 5.75 Å². The number of aromatic nitrogens is 3. The van der Waals surface area contributed by atoms with E-state index in [4.69, 9.17) is 4.74 Å². The minimum Gasteiger partial charge on any atom is -0.497 e. The SMILES string of the molecule is CCCCN(C)c1cnnc(NCc2ccc(OC)cc2)n1. The van der Waals surface area contributed by atoms with Crippen LogP contribution >= 0.6 is 0 Å². The molecule has 0 bridgehead atoms. The quantitative estimate of drug-likeness (QED) is 0.809. The minimum atomic E-state index is 0.539. The topological polar surface area (TPSA) is 63.2 Å². The number of hydrogen-bond donors (Lipinski definition) is 1. The van der Waals surface area contributed by atoms with Gasteiger partial charge in [-0.1, -0.05) is 25.5 Å². The van der Waals surface area contributed by atoms with Gasteiger partial charge in [0.15, 0.2) is 5.82 Å². The van der Waals surface area contributed by atoms with Gasteiger partial charge in [0.2, 0.25) is 5.95 Å². The maximum Gasteiger partial charge on any atom is 0.244 e. The average molecular weight is 301 g/mol. The van der Waals surface area contributed by atoms with Crippen molar-refractivity contribution in [1.29, 1.82) is 0 Å². The summed E-state index contributed by atoms with van der Waals surface area (Å²) < 4.78 is 5.15. The first kappa shape index (κ1) is 16.0. The van der Waals surface area contributed by atoms with E-state index in [-0.39, 0.29) is 0 Å². The van der Waals surface area contributed by atoms with Gasteiger partial charge in [-0.25, -0.2) is 0 Å². The van der Waals surface area contributed by atoms with Gasteiger partial charge in [0, 0.05) is 20.1 Å². The number of methoxy groups -OCH3 is 1. The van der Waals surface area contributed by atoms with E-state index in [1.54, 1.807) is 13.3 Å². The molecule has 6 heteroatoms. The Kier molecular flexibility index (Phi) is 5.94. The van der Waals surface area contributed by atoms with Gasteiger partial charge in [0.05, 0.1) is 13.3 Å². The fourth-order valence-electron chi connectivity index (χ4n) is 1.99. The zero-order chi connectivity index (χ0) is 15.8. The molecule has 0 fully saturated rings. The van der Waals surface area contributed by atoms with Crippen LogP contribution < -0.4 is 15.0 Å². The van der Waals surface area contributed by atoms with E-state index in [0.717, 1.165) is 36.5 Å². The van der Waals surface area contributed by atoms with Gasteiger partial charge in [-0.15, -0.1) is 5.10 Å². The van der Waals surface area contributed by atoms with Gasteiger partial charge in [-0.05, 0) is 24.1 Å². The molecule has 0 unspecified atom stereocenters. The first-order valence-corrected chi connectivity index (χ1v) is 7.50. The lowest BCUT2D eigenvalue weighted by molar-refractivity contribution is 0.414. The van der Waals surface area contributed by atoms with Gasteiger partial charge in [0.25, 0.3) is 0 Å². The van der Waals surface area contributed by atoms with Gasteiger partial charge >= 0.3 is 0 Å². The molecule has 0 saturated heterocycles. The zero-order valence-electron chi connectivity index (χ0n) is 13.4. The maximum atomic E-state index is 5.15. The summed E-state index contributed by atoms with van der Waals surface area (Å²) in [5, 5.41) is 11.2. The second-order valence-corrected chi connectivity index (χ2v) is 5.11. The maximum absolute atomic E-state index is 5.15. The predicted octanol–water partition coefficient (Wildman–Crippen LogP) is 2.73. The predicted molar refractivity (Wildman–Crippen MR) is 88.3 cm³/mol. The molecule has 1 heterocycles. The first-order chi connectivity index (χ1) is 10.7. The van der Waals surface area contributed by atoms with Crippen molar-refractivity contribution in [2.75, 3.05) is 30.9 Å². The number of benzene rings is 1. The van der Waals surface area contributed by atoms with E-state index < -0.39 is 0 Å². The Morgan fingerprint density at radius 1 is 1.23 bits per heavy atom. The normalized spacial score (nSPS) is 10.3. The van der Waals surface area contributed by atoms with E-state index in [2.05, 4.69) is 32.3 Å². The molecule has 22 heavy (non-hydrogen) atoms. The van der Waals surface area contributed by atoms with Crippen LogP contribution in [0.1, 0.15) is 25.3 Å². The highest BCUT2D eigenvalue weighted by atomic mass is 16.5. The van der Waals surface area contributed by atoms with E-state index in [9.17, 15) is 0 Å². The molecule has 0 aliphatic rings. The smallest absolute Gasteiger partial charge is 0.244 e. The molecule has 0 aliphatic carbocycles. The molecule has 6 nitrogen and oxygen atoms in total. The first-order valence-electron chi connectivity index (χ1n) is 7.50. The van der Waals surface area contributed by atoms with Crippen LogP contribution in [-0.2, 0) is 6.54 Å². The Labute approximate surface area is 131 Å². The lowest BCUT2D eigenvalue weighted by Gasteiger charge is -2.17. The van der Waals surface area contributed by atoms with Crippen molar-refractivity contribution in [3.8, 4) is 5.75 Å². The van der Waals surface area contributed by atoms with Crippen molar-refractivity contribution >= 4 is 11.8 Å². The molecule has 2 aromatic rings. The summed E-state index contributed by atoms with van der Waals surface area (Å²) in [6, 6.07) is 7.89. The van der Waals surface area contributed by atoms with Crippen LogP contribution in [-0.4, -0.2) is 35.9 Å². The Hall–Kier alpha value is -2.37. The van der Waals surface area contributed by atoms with E-state index in [1.807, 2.05) is 31.3 Å². The van der Waals surface area contributed by atoms with E-state index >= 15 is 0 Å². The van der Waals surface area contributed by atoms with Crippen LogP contribution in [0.15, 0.2) is 30.5 Å². The monoisotopic (exact) mass is 301 g/mol. The number of nitrogens with one attached hydrogen (secondary N) is 1. The molecule has 1 aromatic heterocycles. The highest BCUT2D eigenvalue weighted by Crippen LogP contribution is 2.13. The summed E-state index contributed by atoms with van der Waals surface area (Å²) >= 11 is 0. The molecule has 2 rings (SSSR count). The van der Waals surface area contributed by atoms with Crippen LogP contribution in [0.3, 0.4) is 0 Å². The lowest BCUT2D eigenvalue weighted by atomic mass is 10.2. The molecule has 0 atom stereocenters. The summed E-state index contributed by atoms with van der Waals surface area (Å²) in [6.07, 6.45) is 3.98. The third-order valence-electron chi connectivity index (χ3n) is 3.39. The van der Waals surface area contributed by atoms with E-state index in [1.165, 1.54) is 0 Å². The van der Waals surface area contributed by atoms with Crippen molar-refractivity contribution in [2.45, 2.75) is 26.3 Å². The fraction of sp³-hybridized carbons (Fsp3) is 0.438. The van der Waals surface area contributed by atoms with Gasteiger partial charge in [-0.2, -0.15) is 10.1 Å². The van der Waals surface area contributed by atoms with Crippen LogP contribution in [0.4, 0.5) is 11.8 Å². The Morgan fingerprint density at radius 3 is 2.68 bits per heavy atom. The number of ether oxygens (including phenoxy) is 1. The number of rotatable bonds is 8. The molecule has 0 aliphatic heterocycles. The molecule has 1 aromatic carbocycles. The molecule has 1 N–H and O–H groups in total. The van der Waals surface area contributed by atoms with Crippen molar-refractivity contribution < 1.29 is 4.74 Å². The average Bonchev–Trinajstić information content (AvgIpc) is 2.58. The number of anilines is 2. The molecule has 0 radical (unpaired) electrons.